The highest BCUT2D eigenvalue weighted by atomic mass is 79.9. The predicted octanol–water partition coefficient (Wildman–Crippen LogP) is 4.91. The van der Waals surface area contributed by atoms with E-state index in [0.717, 1.165) is 23.5 Å². The normalized spacial score (nSPS) is 26.0. The van der Waals surface area contributed by atoms with Crippen LogP contribution < -0.4 is 5.32 Å². The maximum absolute atomic E-state index is 6.44. The minimum atomic E-state index is 0.0277. The molecule has 0 aromatic heterocycles. The molecule has 0 aliphatic heterocycles. The number of nitrogens with one attached hydrogen (secondary N) is 1. The fraction of sp³-hybridized carbons (Fsp3) is 0.667. The van der Waals surface area contributed by atoms with E-state index in [4.69, 9.17) is 4.74 Å². The summed E-state index contributed by atoms with van der Waals surface area (Å²) in [4.78, 5) is 0. The Bertz CT molecular complexity index is 420. The summed E-state index contributed by atoms with van der Waals surface area (Å²) >= 11 is 3.48. The molecule has 0 spiro atoms. The van der Waals surface area contributed by atoms with Gasteiger partial charge in [-0.2, -0.15) is 0 Å². The molecule has 2 atom stereocenters. The fourth-order valence-electron chi connectivity index (χ4n) is 3.26. The lowest BCUT2D eigenvalue weighted by molar-refractivity contribution is -0.0888. The Hall–Kier alpha value is -0.380. The van der Waals surface area contributed by atoms with Crippen molar-refractivity contribution in [3.05, 3.63) is 34.3 Å². The van der Waals surface area contributed by atoms with Gasteiger partial charge in [0.25, 0.3) is 0 Å². The summed E-state index contributed by atoms with van der Waals surface area (Å²) in [5, 5.41) is 3.58. The van der Waals surface area contributed by atoms with Crippen molar-refractivity contribution < 1.29 is 4.74 Å². The quantitative estimate of drug-likeness (QED) is 0.702. The monoisotopic (exact) mass is 353 g/mol. The zero-order chi connectivity index (χ0) is 15.1. The molecule has 2 nitrogen and oxygen atoms in total. The van der Waals surface area contributed by atoms with Gasteiger partial charge in [0.2, 0.25) is 0 Å². The van der Waals surface area contributed by atoms with Crippen LogP contribution >= 0.6 is 15.9 Å². The number of hydrogen-bond donors (Lipinski definition) is 1. The largest absolute Gasteiger partial charge is 0.369 e. The summed E-state index contributed by atoms with van der Waals surface area (Å²) in [5.41, 5.74) is 1.28. The molecule has 2 unspecified atom stereocenters. The average molecular weight is 354 g/mol. The van der Waals surface area contributed by atoms with Crippen LogP contribution in [0.2, 0.25) is 0 Å². The predicted molar refractivity (Wildman–Crippen MR) is 92.5 cm³/mol. The van der Waals surface area contributed by atoms with Gasteiger partial charge in [0.05, 0.1) is 12.2 Å². The Morgan fingerprint density at radius 3 is 2.76 bits per heavy atom. The van der Waals surface area contributed by atoms with Gasteiger partial charge in [0.15, 0.2) is 0 Å². The molecule has 1 aromatic carbocycles. The molecule has 118 valence electrons. The van der Waals surface area contributed by atoms with Gasteiger partial charge in [-0.15, -0.1) is 0 Å². The van der Waals surface area contributed by atoms with Crippen LogP contribution in [0.3, 0.4) is 0 Å². The van der Waals surface area contributed by atoms with Crippen molar-refractivity contribution in [3.63, 3.8) is 0 Å². The first kappa shape index (κ1) is 17.0. The van der Waals surface area contributed by atoms with E-state index in [1.807, 2.05) is 0 Å². The van der Waals surface area contributed by atoms with Crippen molar-refractivity contribution in [3.8, 4) is 0 Å². The summed E-state index contributed by atoms with van der Waals surface area (Å²) < 4.78 is 7.56. The van der Waals surface area contributed by atoms with Crippen molar-refractivity contribution in [2.45, 2.75) is 58.2 Å². The van der Waals surface area contributed by atoms with Crippen molar-refractivity contribution in [2.75, 3.05) is 13.1 Å². The topological polar surface area (TPSA) is 21.3 Å². The molecule has 2 rings (SSSR count). The molecule has 1 aromatic rings. The van der Waals surface area contributed by atoms with Gasteiger partial charge in [-0.1, -0.05) is 54.8 Å². The molecule has 21 heavy (non-hydrogen) atoms. The molecule has 0 heterocycles. The number of ether oxygens (including phenoxy) is 1. The number of halogens is 1. The lowest BCUT2D eigenvalue weighted by Crippen LogP contribution is -2.46. The third kappa shape index (κ3) is 5.39. The molecule has 0 bridgehead atoms. The average Bonchev–Trinajstić information content (AvgIpc) is 2.47. The molecule has 1 saturated carbocycles. The Balaban J connectivity index is 1.96. The van der Waals surface area contributed by atoms with Crippen molar-refractivity contribution in [2.24, 2.45) is 5.92 Å². The summed E-state index contributed by atoms with van der Waals surface area (Å²) in [6.07, 6.45) is 6.18. The Kier molecular flexibility index (Phi) is 6.72. The lowest BCUT2D eigenvalue weighted by atomic mass is 9.78. The van der Waals surface area contributed by atoms with Crippen LogP contribution in [0.15, 0.2) is 28.7 Å². The zero-order valence-corrected chi connectivity index (χ0v) is 14.9. The highest BCUT2D eigenvalue weighted by Crippen LogP contribution is 2.35. The Morgan fingerprint density at radius 2 is 2.10 bits per heavy atom. The van der Waals surface area contributed by atoms with Gasteiger partial charge in [-0.3, -0.25) is 0 Å². The van der Waals surface area contributed by atoms with Gasteiger partial charge in [0.1, 0.15) is 0 Å². The lowest BCUT2D eigenvalue weighted by Gasteiger charge is -2.40. The molecule has 0 saturated heterocycles. The molecular weight excluding hydrogens is 326 g/mol. The molecule has 1 aliphatic carbocycles. The third-order valence-corrected chi connectivity index (χ3v) is 4.91. The molecule has 0 radical (unpaired) electrons. The van der Waals surface area contributed by atoms with E-state index >= 15 is 0 Å². The fourth-order valence-corrected chi connectivity index (χ4v) is 3.53. The van der Waals surface area contributed by atoms with Crippen LogP contribution in [-0.4, -0.2) is 18.7 Å². The molecule has 1 N–H and O–H groups in total. The van der Waals surface area contributed by atoms with Crippen LogP contribution in [0.1, 0.15) is 51.5 Å². The molecule has 0 amide bonds. The number of hydrogen-bond acceptors (Lipinski definition) is 2. The SMILES string of the molecule is CCCNCC1(OCc2ccc(Br)cc2)CCCC(C)C1. The van der Waals surface area contributed by atoms with Crippen LogP contribution in [0, 0.1) is 5.92 Å². The minimum Gasteiger partial charge on any atom is -0.369 e. The number of rotatable bonds is 7. The molecular formula is C18H28BrNO. The summed E-state index contributed by atoms with van der Waals surface area (Å²) in [5.74, 6) is 0.770. The van der Waals surface area contributed by atoms with Crippen molar-refractivity contribution >= 4 is 15.9 Å². The van der Waals surface area contributed by atoms with E-state index in [0.29, 0.717) is 6.61 Å². The van der Waals surface area contributed by atoms with Crippen molar-refractivity contribution in [1.82, 2.24) is 5.32 Å². The summed E-state index contributed by atoms with van der Waals surface area (Å²) in [7, 11) is 0. The highest BCUT2D eigenvalue weighted by Gasteiger charge is 2.35. The van der Waals surface area contributed by atoms with Gasteiger partial charge in [0, 0.05) is 11.0 Å². The van der Waals surface area contributed by atoms with E-state index in [9.17, 15) is 0 Å². The third-order valence-electron chi connectivity index (χ3n) is 4.38. The number of benzene rings is 1. The standard InChI is InChI=1S/C18H28BrNO/c1-3-11-20-14-18(10-4-5-15(2)12-18)21-13-16-6-8-17(19)9-7-16/h6-9,15,20H,3-5,10-14H2,1-2H3. The van der Waals surface area contributed by atoms with Gasteiger partial charge in [-0.25, -0.2) is 0 Å². The van der Waals surface area contributed by atoms with E-state index in [1.165, 1.54) is 37.7 Å². The van der Waals surface area contributed by atoms with E-state index in [2.05, 4.69) is 59.4 Å². The maximum atomic E-state index is 6.44. The van der Waals surface area contributed by atoms with Gasteiger partial charge in [-0.05, 0) is 49.4 Å². The molecule has 3 heteroatoms. The highest BCUT2D eigenvalue weighted by molar-refractivity contribution is 9.10. The van der Waals surface area contributed by atoms with E-state index < -0.39 is 0 Å². The Labute approximate surface area is 137 Å². The Morgan fingerprint density at radius 1 is 1.33 bits per heavy atom. The van der Waals surface area contributed by atoms with E-state index in [1.54, 1.807) is 0 Å². The van der Waals surface area contributed by atoms with Gasteiger partial charge < -0.3 is 10.1 Å². The molecule has 1 fully saturated rings. The summed E-state index contributed by atoms with van der Waals surface area (Å²) in [6.45, 7) is 7.36. The minimum absolute atomic E-state index is 0.0277. The van der Waals surface area contributed by atoms with E-state index in [-0.39, 0.29) is 5.60 Å². The maximum Gasteiger partial charge on any atom is 0.0813 e. The van der Waals surface area contributed by atoms with Crippen LogP contribution in [0.4, 0.5) is 0 Å². The second-order valence-corrected chi connectivity index (χ2v) is 7.39. The first-order valence-corrected chi connectivity index (χ1v) is 9.02. The van der Waals surface area contributed by atoms with Crippen molar-refractivity contribution in [1.29, 1.82) is 0 Å². The molecule has 1 aliphatic rings. The second kappa shape index (κ2) is 8.30. The smallest absolute Gasteiger partial charge is 0.0813 e. The first-order chi connectivity index (χ1) is 10.1. The zero-order valence-electron chi connectivity index (χ0n) is 13.3. The van der Waals surface area contributed by atoms with Crippen LogP contribution in [-0.2, 0) is 11.3 Å². The van der Waals surface area contributed by atoms with Gasteiger partial charge >= 0.3 is 0 Å². The second-order valence-electron chi connectivity index (χ2n) is 6.48. The van der Waals surface area contributed by atoms with Crippen LogP contribution in [0.5, 0.6) is 0 Å². The van der Waals surface area contributed by atoms with Crippen LogP contribution in [0.25, 0.3) is 0 Å². The first-order valence-electron chi connectivity index (χ1n) is 8.23. The summed E-state index contributed by atoms with van der Waals surface area (Å²) in [6, 6.07) is 8.46.